The van der Waals surface area contributed by atoms with Crippen LogP contribution in [0.25, 0.3) is 0 Å². The summed E-state index contributed by atoms with van der Waals surface area (Å²) in [6.45, 7) is 6.37. The molecule has 1 aromatic carbocycles. The topological polar surface area (TPSA) is 82.3 Å². The van der Waals surface area contributed by atoms with E-state index in [9.17, 15) is 9.59 Å². The lowest BCUT2D eigenvalue weighted by Crippen LogP contribution is -2.51. The van der Waals surface area contributed by atoms with Crippen molar-refractivity contribution in [3.8, 4) is 0 Å². The molecular formula is C17H28N4O2. The molecule has 0 aliphatic rings. The molecule has 0 spiro atoms. The van der Waals surface area contributed by atoms with E-state index >= 15 is 0 Å². The molecule has 0 unspecified atom stereocenters. The minimum atomic E-state index is -0.603. The number of hydrogen-bond acceptors (Lipinski definition) is 4. The molecule has 4 N–H and O–H groups in total. The first-order valence-corrected chi connectivity index (χ1v) is 7.91. The zero-order chi connectivity index (χ0) is 17.4. The van der Waals surface area contributed by atoms with Gasteiger partial charge in [-0.15, -0.1) is 0 Å². The summed E-state index contributed by atoms with van der Waals surface area (Å²) < 4.78 is 0. The van der Waals surface area contributed by atoms with Crippen LogP contribution >= 0.6 is 0 Å². The van der Waals surface area contributed by atoms with Gasteiger partial charge in [-0.05, 0) is 44.6 Å². The first-order chi connectivity index (χ1) is 10.9. The lowest BCUT2D eigenvalue weighted by Gasteiger charge is -2.22. The van der Waals surface area contributed by atoms with E-state index < -0.39 is 6.04 Å². The van der Waals surface area contributed by atoms with Gasteiger partial charge in [0, 0.05) is 12.2 Å². The van der Waals surface area contributed by atoms with E-state index in [0.717, 1.165) is 12.1 Å². The van der Waals surface area contributed by atoms with Gasteiger partial charge >= 0.3 is 0 Å². The van der Waals surface area contributed by atoms with E-state index in [1.807, 2.05) is 45.2 Å². The molecule has 0 saturated heterocycles. The molecule has 0 aromatic heterocycles. The van der Waals surface area contributed by atoms with Crippen LogP contribution in [-0.4, -0.2) is 38.0 Å². The number of amides is 2. The highest BCUT2D eigenvalue weighted by atomic mass is 16.2. The Morgan fingerprint density at radius 3 is 2.09 bits per heavy atom. The van der Waals surface area contributed by atoms with Crippen molar-refractivity contribution in [1.29, 1.82) is 0 Å². The molecule has 1 rings (SSSR count). The highest BCUT2D eigenvalue weighted by Crippen LogP contribution is 2.10. The summed E-state index contributed by atoms with van der Waals surface area (Å²) in [5.74, 6) is -0.261. The second-order valence-electron chi connectivity index (χ2n) is 5.96. The molecule has 0 bridgehead atoms. The van der Waals surface area contributed by atoms with Gasteiger partial charge in [0.25, 0.3) is 0 Å². The van der Waals surface area contributed by atoms with Crippen LogP contribution in [0.1, 0.15) is 26.3 Å². The minimum absolute atomic E-state index is 0.148. The Balaban J connectivity index is 2.58. The summed E-state index contributed by atoms with van der Waals surface area (Å²) >= 11 is 0. The Bertz CT molecular complexity index is 514. The largest absolute Gasteiger partial charge is 0.343 e. The zero-order valence-corrected chi connectivity index (χ0v) is 14.6. The molecule has 2 amide bonds. The van der Waals surface area contributed by atoms with Crippen LogP contribution in [0, 0.1) is 5.92 Å². The average molecular weight is 320 g/mol. The fourth-order valence-corrected chi connectivity index (χ4v) is 2.30. The number of anilines is 1. The summed E-state index contributed by atoms with van der Waals surface area (Å²) in [4.78, 5) is 24.3. The van der Waals surface area contributed by atoms with Crippen LogP contribution in [0.5, 0.6) is 0 Å². The summed E-state index contributed by atoms with van der Waals surface area (Å²) in [6.07, 6.45) is 0. The quantitative estimate of drug-likeness (QED) is 0.578. The summed E-state index contributed by atoms with van der Waals surface area (Å²) in [5, 5.41) is 11.6. The second-order valence-corrected chi connectivity index (χ2v) is 5.96. The van der Waals surface area contributed by atoms with Gasteiger partial charge < -0.3 is 21.3 Å². The number of benzene rings is 1. The van der Waals surface area contributed by atoms with Crippen LogP contribution in [0.15, 0.2) is 24.3 Å². The van der Waals surface area contributed by atoms with E-state index in [4.69, 9.17) is 0 Å². The summed E-state index contributed by atoms with van der Waals surface area (Å²) in [5.41, 5.74) is 1.85. The normalized spacial score (nSPS) is 13.5. The number of carbonyl (C=O) groups excluding carboxylic acids is 2. The Hall–Kier alpha value is -1.92. The SMILES string of the molecule is CNCc1ccc(NC(=O)[C@H](C)NC(=O)[C@@H](NC)C(C)C)cc1. The summed E-state index contributed by atoms with van der Waals surface area (Å²) in [7, 11) is 3.62. The Kier molecular flexibility index (Phi) is 7.71. The zero-order valence-electron chi connectivity index (χ0n) is 14.6. The third kappa shape index (κ3) is 6.00. The van der Waals surface area contributed by atoms with Crippen LogP contribution < -0.4 is 21.3 Å². The fourth-order valence-electron chi connectivity index (χ4n) is 2.30. The molecule has 0 aliphatic carbocycles. The molecular weight excluding hydrogens is 292 g/mol. The van der Waals surface area contributed by atoms with Gasteiger partial charge in [0.15, 0.2) is 0 Å². The van der Waals surface area contributed by atoms with Gasteiger partial charge in [-0.2, -0.15) is 0 Å². The maximum Gasteiger partial charge on any atom is 0.246 e. The smallest absolute Gasteiger partial charge is 0.246 e. The maximum atomic E-state index is 12.2. The number of carbonyl (C=O) groups is 2. The molecule has 0 radical (unpaired) electrons. The maximum absolute atomic E-state index is 12.2. The van der Waals surface area contributed by atoms with Crippen LogP contribution in [0.4, 0.5) is 5.69 Å². The molecule has 2 atom stereocenters. The van der Waals surface area contributed by atoms with Crippen LogP contribution in [-0.2, 0) is 16.1 Å². The molecule has 0 fully saturated rings. The number of nitrogens with one attached hydrogen (secondary N) is 4. The third-order valence-corrected chi connectivity index (χ3v) is 3.61. The van der Waals surface area contributed by atoms with Gasteiger partial charge in [0.1, 0.15) is 6.04 Å². The van der Waals surface area contributed by atoms with Crippen molar-refractivity contribution < 1.29 is 9.59 Å². The van der Waals surface area contributed by atoms with E-state index in [1.54, 1.807) is 14.0 Å². The Morgan fingerprint density at radius 2 is 1.61 bits per heavy atom. The van der Waals surface area contributed by atoms with E-state index in [1.165, 1.54) is 0 Å². The molecule has 6 heteroatoms. The highest BCUT2D eigenvalue weighted by Gasteiger charge is 2.23. The minimum Gasteiger partial charge on any atom is -0.343 e. The number of hydrogen-bond donors (Lipinski definition) is 4. The van der Waals surface area contributed by atoms with Crippen molar-refractivity contribution in [3.05, 3.63) is 29.8 Å². The van der Waals surface area contributed by atoms with Gasteiger partial charge in [-0.3, -0.25) is 9.59 Å². The van der Waals surface area contributed by atoms with Crippen molar-refractivity contribution in [3.63, 3.8) is 0 Å². The van der Waals surface area contributed by atoms with Crippen LogP contribution in [0.2, 0.25) is 0 Å². The standard InChI is InChI=1S/C17H28N4O2/c1-11(2)15(19-5)17(23)20-12(3)16(22)21-14-8-6-13(7-9-14)10-18-4/h6-9,11-12,15,18-19H,10H2,1-5H3,(H,20,23)(H,21,22)/t12-,15-/m0/s1. The predicted molar refractivity (Wildman–Crippen MR) is 93.1 cm³/mol. The Morgan fingerprint density at radius 1 is 1.00 bits per heavy atom. The van der Waals surface area contributed by atoms with Gasteiger partial charge in [-0.25, -0.2) is 0 Å². The van der Waals surface area contributed by atoms with E-state index in [2.05, 4.69) is 21.3 Å². The number of likely N-dealkylation sites (N-methyl/N-ethyl adjacent to an activating group) is 1. The van der Waals surface area contributed by atoms with E-state index in [-0.39, 0.29) is 23.8 Å². The van der Waals surface area contributed by atoms with Crippen molar-refractivity contribution in [2.75, 3.05) is 19.4 Å². The molecule has 0 aliphatic heterocycles. The van der Waals surface area contributed by atoms with Crippen molar-refractivity contribution in [1.82, 2.24) is 16.0 Å². The monoisotopic (exact) mass is 320 g/mol. The van der Waals surface area contributed by atoms with Crippen LogP contribution in [0.3, 0.4) is 0 Å². The van der Waals surface area contributed by atoms with Gasteiger partial charge in [-0.1, -0.05) is 26.0 Å². The molecule has 6 nitrogen and oxygen atoms in total. The first kappa shape index (κ1) is 19.1. The third-order valence-electron chi connectivity index (χ3n) is 3.61. The predicted octanol–water partition coefficient (Wildman–Crippen LogP) is 1.09. The van der Waals surface area contributed by atoms with Gasteiger partial charge in [0.05, 0.1) is 6.04 Å². The number of rotatable bonds is 8. The Labute approximate surface area is 138 Å². The second kappa shape index (κ2) is 9.27. The van der Waals surface area contributed by atoms with Crippen molar-refractivity contribution >= 4 is 17.5 Å². The molecule has 0 heterocycles. The highest BCUT2D eigenvalue weighted by molar-refractivity contribution is 5.97. The van der Waals surface area contributed by atoms with E-state index in [0.29, 0.717) is 5.69 Å². The lowest BCUT2D eigenvalue weighted by atomic mass is 10.0. The van der Waals surface area contributed by atoms with Crippen molar-refractivity contribution in [2.24, 2.45) is 5.92 Å². The van der Waals surface area contributed by atoms with Crippen molar-refractivity contribution in [2.45, 2.75) is 39.4 Å². The van der Waals surface area contributed by atoms with Gasteiger partial charge in [0.2, 0.25) is 11.8 Å². The molecule has 0 saturated carbocycles. The fraction of sp³-hybridized carbons (Fsp3) is 0.529. The molecule has 1 aromatic rings. The molecule has 128 valence electrons. The average Bonchev–Trinajstić information content (AvgIpc) is 2.49. The first-order valence-electron chi connectivity index (χ1n) is 7.91. The summed E-state index contributed by atoms with van der Waals surface area (Å²) in [6, 6.07) is 6.68. The molecule has 23 heavy (non-hydrogen) atoms. The lowest BCUT2D eigenvalue weighted by molar-refractivity contribution is -0.128.